The summed E-state index contributed by atoms with van der Waals surface area (Å²) in [6, 6.07) is 20.9. The van der Waals surface area contributed by atoms with Crippen LogP contribution >= 0.6 is 0 Å². The number of carbonyl (C=O) groups excluding carboxylic acids is 2. The van der Waals surface area contributed by atoms with E-state index in [1.165, 1.54) is 4.90 Å². The van der Waals surface area contributed by atoms with Gasteiger partial charge in [-0.25, -0.2) is 8.42 Å². The van der Waals surface area contributed by atoms with Crippen molar-refractivity contribution in [2.24, 2.45) is 0 Å². The molecule has 0 aromatic heterocycles. The van der Waals surface area contributed by atoms with E-state index in [0.29, 0.717) is 18.7 Å². The molecule has 42 heavy (non-hydrogen) atoms. The number of rotatable bonds is 14. The minimum Gasteiger partial charge on any atom is -0.354 e. The van der Waals surface area contributed by atoms with E-state index >= 15 is 0 Å². The number of aryl methyl sites for hydroxylation is 2. The van der Waals surface area contributed by atoms with Crippen molar-refractivity contribution < 1.29 is 18.0 Å². The van der Waals surface area contributed by atoms with Crippen LogP contribution in [0.3, 0.4) is 0 Å². The van der Waals surface area contributed by atoms with E-state index in [1.54, 1.807) is 36.4 Å². The third kappa shape index (κ3) is 8.44. The molecule has 226 valence electrons. The van der Waals surface area contributed by atoms with Crippen molar-refractivity contribution in [1.82, 2.24) is 10.2 Å². The van der Waals surface area contributed by atoms with Gasteiger partial charge >= 0.3 is 0 Å². The van der Waals surface area contributed by atoms with Gasteiger partial charge in [0.25, 0.3) is 10.0 Å². The Morgan fingerprint density at radius 1 is 0.833 bits per heavy atom. The van der Waals surface area contributed by atoms with Crippen molar-refractivity contribution in [1.29, 1.82) is 0 Å². The van der Waals surface area contributed by atoms with Crippen molar-refractivity contribution >= 4 is 27.5 Å². The lowest BCUT2D eigenvalue weighted by atomic mass is 10.0. The second-order valence-electron chi connectivity index (χ2n) is 11.1. The standard InChI is InChI=1S/C34H45N3O4S/c1-7-9-22-35-34(39)32(8-2)36(23-28-14-10-26(5)11-15-28)33(38)24-37(30-18-16-29(17-19-30)25(3)4)42(40,41)31-20-12-27(6)13-21-31/h10-21,25,32H,7-9,22-24H2,1-6H3,(H,35,39)/t32-/m1/s1. The lowest BCUT2D eigenvalue weighted by molar-refractivity contribution is -0.140. The second-order valence-corrected chi connectivity index (χ2v) is 13.0. The van der Waals surface area contributed by atoms with Gasteiger partial charge < -0.3 is 10.2 Å². The number of nitrogens with zero attached hydrogens (tertiary/aromatic N) is 2. The molecule has 0 aliphatic heterocycles. The maximum Gasteiger partial charge on any atom is 0.264 e. The lowest BCUT2D eigenvalue weighted by Crippen LogP contribution is -2.52. The summed E-state index contributed by atoms with van der Waals surface area (Å²) in [6.07, 6.45) is 2.16. The smallest absolute Gasteiger partial charge is 0.264 e. The van der Waals surface area contributed by atoms with Gasteiger partial charge in [-0.15, -0.1) is 0 Å². The molecular formula is C34H45N3O4S. The Labute approximate surface area is 252 Å². The zero-order valence-corrected chi connectivity index (χ0v) is 26.6. The van der Waals surface area contributed by atoms with E-state index in [2.05, 4.69) is 19.2 Å². The normalized spacial score (nSPS) is 12.2. The van der Waals surface area contributed by atoms with E-state index in [4.69, 9.17) is 0 Å². The molecule has 0 saturated carbocycles. The van der Waals surface area contributed by atoms with Crippen LogP contribution < -0.4 is 9.62 Å². The summed E-state index contributed by atoms with van der Waals surface area (Å²) < 4.78 is 29.2. The van der Waals surface area contributed by atoms with Crippen LogP contribution in [0.5, 0.6) is 0 Å². The van der Waals surface area contributed by atoms with Crippen LogP contribution in [-0.2, 0) is 26.2 Å². The molecular weight excluding hydrogens is 546 g/mol. The number of nitrogens with one attached hydrogen (secondary N) is 1. The molecule has 0 aliphatic rings. The lowest BCUT2D eigenvalue weighted by Gasteiger charge is -2.33. The van der Waals surface area contributed by atoms with Gasteiger partial charge in [0.05, 0.1) is 10.6 Å². The molecule has 1 N–H and O–H groups in total. The van der Waals surface area contributed by atoms with Gasteiger partial charge in [-0.05, 0) is 68.0 Å². The maximum absolute atomic E-state index is 14.2. The predicted molar refractivity (Wildman–Crippen MR) is 170 cm³/mol. The zero-order chi connectivity index (χ0) is 30.9. The molecule has 0 spiro atoms. The van der Waals surface area contributed by atoms with Crippen molar-refractivity contribution in [2.75, 3.05) is 17.4 Å². The summed E-state index contributed by atoms with van der Waals surface area (Å²) >= 11 is 0. The molecule has 0 heterocycles. The van der Waals surface area contributed by atoms with Crippen LogP contribution in [0.4, 0.5) is 5.69 Å². The van der Waals surface area contributed by atoms with Crippen LogP contribution in [-0.4, -0.2) is 44.3 Å². The minimum atomic E-state index is -4.10. The van der Waals surface area contributed by atoms with E-state index in [-0.39, 0.29) is 23.3 Å². The molecule has 0 radical (unpaired) electrons. The van der Waals surface area contributed by atoms with Gasteiger partial charge in [-0.3, -0.25) is 13.9 Å². The van der Waals surface area contributed by atoms with E-state index in [1.807, 2.05) is 64.1 Å². The van der Waals surface area contributed by atoms with E-state index < -0.39 is 28.5 Å². The third-order valence-corrected chi connectivity index (χ3v) is 9.21. The first kappa shape index (κ1) is 32.9. The SMILES string of the molecule is CCCCNC(=O)[C@@H](CC)N(Cc1ccc(C)cc1)C(=O)CN(c1ccc(C(C)C)cc1)S(=O)(=O)c1ccc(C)cc1. The quantitative estimate of drug-likeness (QED) is 0.222. The molecule has 2 amide bonds. The molecule has 8 heteroatoms. The first-order valence-corrected chi connectivity index (χ1v) is 16.2. The molecule has 1 atom stereocenters. The Bertz CT molecular complexity index is 1420. The monoisotopic (exact) mass is 591 g/mol. The van der Waals surface area contributed by atoms with Gasteiger partial charge in [0.2, 0.25) is 11.8 Å². The van der Waals surface area contributed by atoms with Gasteiger partial charge in [0.15, 0.2) is 0 Å². The summed E-state index contributed by atoms with van der Waals surface area (Å²) in [4.78, 5) is 29.1. The summed E-state index contributed by atoms with van der Waals surface area (Å²) in [5.74, 6) is -0.415. The predicted octanol–water partition coefficient (Wildman–Crippen LogP) is 6.35. The first-order valence-electron chi connectivity index (χ1n) is 14.8. The number of amides is 2. The largest absolute Gasteiger partial charge is 0.354 e. The number of unbranched alkanes of at least 4 members (excludes halogenated alkanes) is 1. The average molecular weight is 592 g/mol. The maximum atomic E-state index is 14.2. The van der Waals surface area contributed by atoms with Crippen molar-refractivity contribution in [2.45, 2.75) is 84.2 Å². The molecule has 0 bridgehead atoms. The van der Waals surface area contributed by atoms with Crippen LogP contribution in [0, 0.1) is 13.8 Å². The second kappa shape index (κ2) is 15.0. The Kier molecular flexibility index (Phi) is 11.7. The number of anilines is 1. The van der Waals surface area contributed by atoms with Crippen molar-refractivity contribution in [3.05, 3.63) is 95.1 Å². The van der Waals surface area contributed by atoms with Crippen LogP contribution in [0.25, 0.3) is 0 Å². The minimum absolute atomic E-state index is 0.100. The van der Waals surface area contributed by atoms with Crippen LogP contribution in [0.15, 0.2) is 77.7 Å². The molecule has 0 aliphatic carbocycles. The van der Waals surface area contributed by atoms with Crippen molar-refractivity contribution in [3.8, 4) is 0 Å². The topological polar surface area (TPSA) is 86.8 Å². The Morgan fingerprint density at radius 3 is 1.93 bits per heavy atom. The molecule has 0 saturated heterocycles. The molecule has 3 aromatic rings. The summed E-state index contributed by atoms with van der Waals surface area (Å²) in [6.45, 7) is 12.2. The highest BCUT2D eigenvalue weighted by atomic mass is 32.2. The fourth-order valence-corrected chi connectivity index (χ4v) is 6.12. The summed E-state index contributed by atoms with van der Waals surface area (Å²) in [5, 5.41) is 2.96. The zero-order valence-electron chi connectivity index (χ0n) is 25.8. The highest BCUT2D eigenvalue weighted by molar-refractivity contribution is 7.92. The fraction of sp³-hybridized carbons (Fsp3) is 0.412. The number of hydrogen-bond donors (Lipinski definition) is 1. The fourth-order valence-electron chi connectivity index (χ4n) is 4.71. The van der Waals surface area contributed by atoms with E-state index in [9.17, 15) is 18.0 Å². The summed E-state index contributed by atoms with van der Waals surface area (Å²) in [7, 11) is -4.10. The highest BCUT2D eigenvalue weighted by Gasteiger charge is 2.33. The number of carbonyl (C=O) groups is 2. The number of sulfonamides is 1. The van der Waals surface area contributed by atoms with Gasteiger partial charge in [0, 0.05) is 13.1 Å². The van der Waals surface area contributed by atoms with Gasteiger partial charge in [-0.2, -0.15) is 0 Å². The van der Waals surface area contributed by atoms with Crippen molar-refractivity contribution in [3.63, 3.8) is 0 Å². The van der Waals surface area contributed by atoms with E-state index in [0.717, 1.165) is 39.4 Å². The summed E-state index contributed by atoms with van der Waals surface area (Å²) in [5.41, 5.74) is 4.34. The molecule has 0 fully saturated rings. The average Bonchev–Trinajstić information content (AvgIpc) is 2.97. The molecule has 3 aromatic carbocycles. The van der Waals surface area contributed by atoms with Crippen LogP contribution in [0.1, 0.15) is 75.1 Å². The number of benzene rings is 3. The number of hydrogen-bond acceptors (Lipinski definition) is 4. The highest BCUT2D eigenvalue weighted by Crippen LogP contribution is 2.27. The Morgan fingerprint density at radius 2 is 1.40 bits per heavy atom. The van der Waals surface area contributed by atoms with Gasteiger partial charge in [0.1, 0.15) is 12.6 Å². The molecule has 0 unspecified atom stereocenters. The third-order valence-electron chi connectivity index (χ3n) is 7.42. The molecule has 7 nitrogen and oxygen atoms in total. The molecule has 3 rings (SSSR count). The first-order chi connectivity index (χ1) is 20.0. The Balaban J connectivity index is 2.04. The van der Waals surface area contributed by atoms with Crippen LogP contribution in [0.2, 0.25) is 0 Å². The van der Waals surface area contributed by atoms with Gasteiger partial charge in [-0.1, -0.05) is 93.8 Å². The Hall–Kier alpha value is -3.65.